The quantitative estimate of drug-likeness (QED) is 0.429. The molecule has 3 nitrogen and oxygen atoms in total. The molecule has 0 unspecified atom stereocenters. The third-order valence-electron chi connectivity index (χ3n) is 6.48. The molecule has 0 radical (unpaired) electrons. The summed E-state index contributed by atoms with van der Waals surface area (Å²) in [7, 11) is -1.88. The van der Waals surface area contributed by atoms with E-state index in [9.17, 15) is 5.11 Å². The summed E-state index contributed by atoms with van der Waals surface area (Å²) in [6.45, 7) is 17.6. The Labute approximate surface area is 185 Å². The molecular weight excluding hydrogens is 386 g/mol. The molecule has 2 rings (SSSR count). The van der Waals surface area contributed by atoms with Gasteiger partial charge in [0.15, 0.2) is 0 Å². The fraction of sp³-hybridized carbons (Fsp3) is 0.538. The molecule has 166 valence electrons. The number of aliphatic hydroxyl groups excluding tert-OH is 1. The molecule has 0 spiro atoms. The van der Waals surface area contributed by atoms with Crippen LogP contribution in [0.1, 0.15) is 57.2 Å². The standard InChI is InChI=1S/C26H41NO2Si/c1-9-24(28)23(16-15-21-13-11-10-12-14-21)27-25-19(2)17-22(18-20(25)3)29-30(7,8)26(4,5)6/h10-14,17-18,23-24,27-28H,9,15-16H2,1-8H3/t23-,24+/m0/s1. The molecule has 0 aliphatic rings. The Morgan fingerprint density at radius 3 is 2.10 bits per heavy atom. The van der Waals surface area contributed by atoms with Crippen molar-refractivity contribution in [3.63, 3.8) is 0 Å². The van der Waals surface area contributed by atoms with Crippen LogP contribution in [0.25, 0.3) is 0 Å². The Morgan fingerprint density at radius 1 is 1.03 bits per heavy atom. The van der Waals surface area contributed by atoms with E-state index < -0.39 is 8.32 Å². The summed E-state index contributed by atoms with van der Waals surface area (Å²) in [6, 6.07) is 14.8. The third kappa shape index (κ3) is 6.36. The Morgan fingerprint density at radius 2 is 1.60 bits per heavy atom. The Balaban J connectivity index is 2.19. The van der Waals surface area contributed by atoms with Gasteiger partial charge in [-0.15, -0.1) is 0 Å². The first kappa shape index (κ1) is 24.5. The molecule has 2 aromatic carbocycles. The molecular formula is C26H41NO2Si. The largest absolute Gasteiger partial charge is 0.543 e. The lowest BCUT2D eigenvalue weighted by Gasteiger charge is -2.37. The summed E-state index contributed by atoms with van der Waals surface area (Å²) >= 11 is 0. The molecule has 2 N–H and O–H groups in total. The van der Waals surface area contributed by atoms with Gasteiger partial charge in [-0.25, -0.2) is 0 Å². The normalized spacial score (nSPS) is 14.3. The summed E-state index contributed by atoms with van der Waals surface area (Å²) < 4.78 is 6.52. The molecule has 2 atom stereocenters. The molecule has 30 heavy (non-hydrogen) atoms. The first-order valence-corrected chi connectivity index (χ1v) is 14.1. The molecule has 0 amide bonds. The molecule has 0 aromatic heterocycles. The number of aryl methyl sites for hydroxylation is 3. The summed E-state index contributed by atoms with van der Waals surface area (Å²) in [6.07, 6.45) is 2.19. The zero-order valence-corrected chi connectivity index (χ0v) is 21.2. The van der Waals surface area contributed by atoms with Gasteiger partial charge in [-0.2, -0.15) is 0 Å². The van der Waals surface area contributed by atoms with Gasteiger partial charge in [0.25, 0.3) is 0 Å². The van der Waals surface area contributed by atoms with Crippen molar-refractivity contribution in [3.05, 3.63) is 59.2 Å². The highest BCUT2D eigenvalue weighted by atomic mass is 28.4. The smallest absolute Gasteiger partial charge is 0.250 e. The van der Waals surface area contributed by atoms with Crippen molar-refractivity contribution in [3.8, 4) is 5.75 Å². The molecule has 0 bridgehead atoms. The van der Waals surface area contributed by atoms with Crippen LogP contribution in [0.5, 0.6) is 5.75 Å². The first-order valence-electron chi connectivity index (χ1n) is 11.2. The minimum atomic E-state index is -1.88. The van der Waals surface area contributed by atoms with Gasteiger partial charge in [0.1, 0.15) is 5.75 Å². The van der Waals surface area contributed by atoms with Crippen LogP contribution in [0.4, 0.5) is 5.69 Å². The molecule has 0 saturated carbocycles. The number of nitrogens with one attached hydrogen (secondary N) is 1. The Hall–Kier alpha value is -1.78. The maximum atomic E-state index is 10.7. The van der Waals surface area contributed by atoms with Crippen LogP contribution in [0.15, 0.2) is 42.5 Å². The minimum absolute atomic E-state index is 0.0137. The van der Waals surface area contributed by atoms with Crippen LogP contribution >= 0.6 is 0 Å². The molecule has 0 aliphatic carbocycles. The number of anilines is 1. The van der Waals surface area contributed by atoms with Crippen LogP contribution in [0.3, 0.4) is 0 Å². The average molecular weight is 428 g/mol. The van der Waals surface area contributed by atoms with Crippen LogP contribution in [-0.4, -0.2) is 25.6 Å². The fourth-order valence-corrected chi connectivity index (χ4v) is 4.47. The predicted molar refractivity (Wildman–Crippen MR) is 132 cm³/mol. The van der Waals surface area contributed by atoms with Gasteiger partial charge in [0.2, 0.25) is 8.32 Å². The van der Waals surface area contributed by atoms with E-state index >= 15 is 0 Å². The number of hydrogen-bond donors (Lipinski definition) is 2. The van der Waals surface area contributed by atoms with Gasteiger partial charge >= 0.3 is 0 Å². The van der Waals surface area contributed by atoms with E-state index in [1.807, 2.05) is 13.0 Å². The topological polar surface area (TPSA) is 41.5 Å². The van der Waals surface area contributed by atoms with E-state index in [1.165, 1.54) is 5.56 Å². The van der Waals surface area contributed by atoms with E-state index in [0.29, 0.717) is 0 Å². The first-order chi connectivity index (χ1) is 13.9. The number of aliphatic hydroxyl groups is 1. The second kappa shape index (κ2) is 10.0. The van der Waals surface area contributed by atoms with Gasteiger partial charge in [0, 0.05) is 5.69 Å². The van der Waals surface area contributed by atoms with Crippen LogP contribution in [0.2, 0.25) is 18.1 Å². The lowest BCUT2D eigenvalue weighted by atomic mass is 9.98. The molecule has 0 saturated heterocycles. The Bertz CT molecular complexity index is 789. The third-order valence-corrected chi connectivity index (χ3v) is 10.8. The van der Waals surface area contributed by atoms with E-state index in [-0.39, 0.29) is 17.2 Å². The summed E-state index contributed by atoms with van der Waals surface area (Å²) in [5, 5.41) is 14.5. The zero-order chi connectivity index (χ0) is 22.5. The van der Waals surface area contributed by atoms with Gasteiger partial charge < -0.3 is 14.8 Å². The molecule has 4 heteroatoms. The molecule has 2 aromatic rings. The van der Waals surface area contributed by atoms with Crippen molar-refractivity contribution in [1.82, 2.24) is 0 Å². The zero-order valence-electron chi connectivity index (χ0n) is 20.2. The highest BCUT2D eigenvalue weighted by Gasteiger charge is 2.39. The molecule has 0 fully saturated rings. The summed E-state index contributed by atoms with van der Waals surface area (Å²) in [4.78, 5) is 0. The van der Waals surface area contributed by atoms with Crippen molar-refractivity contribution in [1.29, 1.82) is 0 Å². The number of hydrogen-bond acceptors (Lipinski definition) is 3. The molecule has 0 heterocycles. The van der Waals surface area contributed by atoms with E-state index in [1.54, 1.807) is 0 Å². The van der Waals surface area contributed by atoms with Crippen molar-refractivity contribution >= 4 is 14.0 Å². The second-order valence-electron chi connectivity index (χ2n) is 10.0. The van der Waals surface area contributed by atoms with Gasteiger partial charge in [-0.3, -0.25) is 0 Å². The number of rotatable bonds is 9. The Kier molecular flexibility index (Phi) is 8.18. The lowest BCUT2D eigenvalue weighted by Crippen LogP contribution is -2.43. The van der Waals surface area contributed by atoms with Crippen LogP contribution < -0.4 is 9.74 Å². The molecule has 0 aliphatic heterocycles. The maximum Gasteiger partial charge on any atom is 0.250 e. The highest BCUT2D eigenvalue weighted by molar-refractivity contribution is 6.74. The monoisotopic (exact) mass is 427 g/mol. The summed E-state index contributed by atoms with van der Waals surface area (Å²) in [5.74, 6) is 0.957. The lowest BCUT2D eigenvalue weighted by molar-refractivity contribution is 0.144. The van der Waals surface area contributed by atoms with Crippen molar-refractivity contribution in [2.75, 3.05) is 5.32 Å². The van der Waals surface area contributed by atoms with Crippen LogP contribution in [0, 0.1) is 13.8 Å². The fourth-order valence-electron chi connectivity index (χ4n) is 3.46. The van der Waals surface area contributed by atoms with Crippen molar-refractivity contribution in [2.45, 2.75) is 91.1 Å². The second-order valence-corrected chi connectivity index (χ2v) is 14.8. The van der Waals surface area contributed by atoms with E-state index in [2.05, 4.69) is 89.4 Å². The average Bonchev–Trinajstić information content (AvgIpc) is 2.66. The van der Waals surface area contributed by atoms with Crippen LogP contribution in [-0.2, 0) is 6.42 Å². The van der Waals surface area contributed by atoms with E-state index in [0.717, 1.165) is 41.8 Å². The maximum absolute atomic E-state index is 10.7. The summed E-state index contributed by atoms with van der Waals surface area (Å²) in [5.41, 5.74) is 4.75. The number of benzene rings is 2. The van der Waals surface area contributed by atoms with Gasteiger partial charge in [-0.1, -0.05) is 58.0 Å². The van der Waals surface area contributed by atoms with Crippen molar-refractivity contribution in [2.24, 2.45) is 0 Å². The van der Waals surface area contributed by atoms with Gasteiger partial charge in [-0.05, 0) is 80.1 Å². The van der Waals surface area contributed by atoms with E-state index in [4.69, 9.17) is 4.43 Å². The minimum Gasteiger partial charge on any atom is -0.543 e. The van der Waals surface area contributed by atoms with Crippen molar-refractivity contribution < 1.29 is 9.53 Å². The van der Waals surface area contributed by atoms with Gasteiger partial charge in [0.05, 0.1) is 12.1 Å². The SMILES string of the molecule is CC[C@@H](O)[C@H](CCc1ccccc1)Nc1c(C)cc(O[Si](C)(C)C(C)(C)C)cc1C. The predicted octanol–water partition coefficient (Wildman–Crippen LogP) is 6.87. The highest BCUT2D eigenvalue weighted by Crippen LogP contribution is 2.38.